The molecule has 108 valence electrons. The van der Waals surface area contributed by atoms with Gasteiger partial charge in [-0.1, -0.05) is 0 Å². The third-order valence-corrected chi connectivity index (χ3v) is 3.28. The molecule has 0 aliphatic heterocycles. The van der Waals surface area contributed by atoms with Crippen LogP contribution in [0.3, 0.4) is 0 Å². The van der Waals surface area contributed by atoms with Gasteiger partial charge in [-0.15, -0.1) is 0 Å². The van der Waals surface area contributed by atoms with E-state index in [-0.39, 0.29) is 5.75 Å². The molecule has 0 atom stereocenters. The highest BCUT2D eigenvalue weighted by atomic mass is 32.1. The van der Waals surface area contributed by atoms with Crippen molar-refractivity contribution >= 4 is 23.4 Å². The van der Waals surface area contributed by atoms with Crippen LogP contribution in [0.15, 0.2) is 36.4 Å². The summed E-state index contributed by atoms with van der Waals surface area (Å²) < 4.78 is 30.9. The summed E-state index contributed by atoms with van der Waals surface area (Å²) in [6.07, 6.45) is 0. The normalized spacial score (nSPS) is 11.2. The van der Waals surface area contributed by atoms with Gasteiger partial charge in [0.2, 0.25) is 0 Å². The van der Waals surface area contributed by atoms with E-state index in [1.165, 1.54) is 12.1 Å². The highest BCUT2D eigenvalue weighted by Gasteiger charge is 2.09. The van der Waals surface area contributed by atoms with Crippen LogP contribution in [0.5, 0.6) is 5.75 Å². The summed E-state index contributed by atoms with van der Waals surface area (Å²) in [4.78, 5) is 7.52. The van der Waals surface area contributed by atoms with E-state index in [2.05, 4.69) is 14.7 Å². The van der Waals surface area contributed by atoms with Crippen LogP contribution in [0.25, 0.3) is 16.9 Å². The molecule has 7 heteroatoms. The number of aromatic amines is 1. The first-order valence-corrected chi connectivity index (χ1v) is 6.59. The highest BCUT2D eigenvalue weighted by Crippen LogP contribution is 2.21. The molecule has 3 aromatic rings. The molecule has 0 saturated heterocycles. The monoisotopic (exact) mass is 307 g/mol. The van der Waals surface area contributed by atoms with E-state index in [0.717, 1.165) is 16.9 Å². The summed E-state index contributed by atoms with van der Waals surface area (Å²) in [6.45, 7) is -0.949. The second-order valence-electron chi connectivity index (χ2n) is 4.46. The molecule has 3 rings (SSSR count). The van der Waals surface area contributed by atoms with Crippen LogP contribution >= 0.6 is 12.2 Å². The lowest BCUT2D eigenvalue weighted by atomic mass is 10.3. The fraction of sp³-hybridized carbons (Fsp3) is 0.143. The molecule has 0 aliphatic carbocycles. The van der Waals surface area contributed by atoms with Gasteiger partial charge in [0.15, 0.2) is 10.4 Å². The summed E-state index contributed by atoms with van der Waals surface area (Å²) in [7, 11) is 0. The maximum Gasteiger partial charge on any atom is 0.387 e. The van der Waals surface area contributed by atoms with Gasteiger partial charge >= 0.3 is 6.61 Å². The Balaban J connectivity index is 2.09. The molecule has 0 spiro atoms. The van der Waals surface area contributed by atoms with Gasteiger partial charge < -0.3 is 9.72 Å². The molecule has 2 aromatic heterocycles. The summed E-state index contributed by atoms with van der Waals surface area (Å²) >= 11 is 5.30. The lowest BCUT2D eigenvalue weighted by molar-refractivity contribution is -0.0498. The molecule has 0 aliphatic rings. The van der Waals surface area contributed by atoms with Gasteiger partial charge in [-0.2, -0.15) is 8.78 Å². The zero-order valence-corrected chi connectivity index (χ0v) is 11.8. The number of benzene rings is 1. The number of ether oxygens (including phenoxy) is 1. The van der Waals surface area contributed by atoms with E-state index < -0.39 is 6.61 Å². The van der Waals surface area contributed by atoms with Crippen molar-refractivity contribution in [3.63, 3.8) is 0 Å². The van der Waals surface area contributed by atoms with E-state index >= 15 is 0 Å². The molecular formula is C14H11F2N3OS. The number of imidazole rings is 1. The number of nitrogens with one attached hydrogen (secondary N) is 1. The average Bonchev–Trinajstić information content (AvgIpc) is 2.74. The first kappa shape index (κ1) is 13.7. The van der Waals surface area contributed by atoms with Crippen LogP contribution in [0.2, 0.25) is 0 Å². The number of halogens is 2. The first-order valence-electron chi connectivity index (χ1n) is 6.18. The lowest BCUT2D eigenvalue weighted by Gasteiger charge is -2.07. The number of aromatic nitrogens is 3. The number of rotatable bonds is 3. The van der Waals surface area contributed by atoms with E-state index in [4.69, 9.17) is 12.2 Å². The molecular weight excluding hydrogens is 296 g/mol. The third kappa shape index (κ3) is 2.64. The Bertz CT molecular complexity index is 840. The zero-order chi connectivity index (χ0) is 15.0. The van der Waals surface area contributed by atoms with E-state index in [0.29, 0.717) is 10.4 Å². The quantitative estimate of drug-likeness (QED) is 0.744. The maximum atomic E-state index is 12.2. The van der Waals surface area contributed by atoms with Crippen molar-refractivity contribution in [3.8, 4) is 11.4 Å². The molecule has 21 heavy (non-hydrogen) atoms. The molecule has 1 aromatic carbocycles. The van der Waals surface area contributed by atoms with Crippen LogP contribution in [0, 0.1) is 11.7 Å². The van der Waals surface area contributed by atoms with Gasteiger partial charge in [-0.3, -0.25) is 4.57 Å². The Kier molecular flexibility index (Phi) is 3.42. The van der Waals surface area contributed by atoms with Crippen molar-refractivity contribution in [3.05, 3.63) is 46.9 Å². The van der Waals surface area contributed by atoms with Crippen LogP contribution in [0.4, 0.5) is 8.78 Å². The second kappa shape index (κ2) is 5.25. The number of hydrogen-bond acceptors (Lipinski definition) is 3. The zero-order valence-electron chi connectivity index (χ0n) is 11.0. The molecule has 4 nitrogen and oxygen atoms in total. The Morgan fingerprint density at radius 1 is 1.19 bits per heavy atom. The summed E-state index contributed by atoms with van der Waals surface area (Å²) in [5.41, 5.74) is 3.11. The Morgan fingerprint density at radius 2 is 1.90 bits per heavy atom. The summed E-state index contributed by atoms with van der Waals surface area (Å²) in [5.74, 6) is 0.101. The summed E-state index contributed by atoms with van der Waals surface area (Å²) in [6, 6.07) is 10.0. The van der Waals surface area contributed by atoms with Gasteiger partial charge in [0.05, 0.1) is 11.2 Å². The number of fused-ring (bicyclic) bond motifs is 1. The minimum absolute atomic E-state index is 0.101. The van der Waals surface area contributed by atoms with Crippen molar-refractivity contribution in [2.75, 3.05) is 0 Å². The van der Waals surface area contributed by atoms with Gasteiger partial charge in [0, 0.05) is 5.69 Å². The standard InChI is InChI=1S/C14H11F2N3OS/c1-8-2-7-11-12(17-8)19(14(21)18-11)9-3-5-10(6-4-9)20-13(15)16/h2-7,13H,1H3,(H,18,21). The number of alkyl halides is 2. The summed E-state index contributed by atoms with van der Waals surface area (Å²) in [5, 5.41) is 0. The van der Waals surface area contributed by atoms with Gasteiger partial charge in [-0.25, -0.2) is 4.98 Å². The smallest absolute Gasteiger partial charge is 0.387 e. The van der Waals surface area contributed by atoms with E-state index in [9.17, 15) is 8.78 Å². The molecule has 2 heterocycles. The molecule has 0 bridgehead atoms. The first-order chi connectivity index (χ1) is 10.0. The second-order valence-corrected chi connectivity index (χ2v) is 4.85. The number of H-pyrrole nitrogens is 1. The van der Waals surface area contributed by atoms with Crippen molar-refractivity contribution in [2.45, 2.75) is 13.5 Å². The van der Waals surface area contributed by atoms with Crippen molar-refractivity contribution in [1.29, 1.82) is 0 Å². The van der Waals surface area contributed by atoms with Crippen LogP contribution in [-0.4, -0.2) is 21.1 Å². The van der Waals surface area contributed by atoms with Crippen molar-refractivity contribution in [1.82, 2.24) is 14.5 Å². The van der Waals surface area contributed by atoms with E-state index in [1.807, 2.05) is 19.1 Å². The average molecular weight is 307 g/mol. The molecule has 0 radical (unpaired) electrons. The van der Waals surface area contributed by atoms with Crippen LogP contribution in [-0.2, 0) is 0 Å². The van der Waals surface area contributed by atoms with Crippen molar-refractivity contribution < 1.29 is 13.5 Å². The Hall–Kier alpha value is -2.28. The molecule has 1 N–H and O–H groups in total. The number of nitrogens with zero attached hydrogens (tertiary/aromatic N) is 2. The van der Waals surface area contributed by atoms with Crippen LogP contribution in [0.1, 0.15) is 5.69 Å². The number of hydrogen-bond donors (Lipinski definition) is 1. The van der Waals surface area contributed by atoms with Gasteiger partial charge in [0.25, 0.3) is 0 Å². The maximum absolute atomic E-state index is 12.2. The third-order valence-electron chi connectivity index (χ3n) is 2.99. The van der Waals surface area contributed by atoms with Gasteiger partial charge in [-0.05, 0) is 55.5 Å². The Labute approximate surface area is 124 Å². The fourth-order valence-corrected chi connectivity index (χ4v) is 2.40. The van der Waals surface area contributed by atoms with Gasteiger partial charge in [0.1, 0.15) is 5.75 Å². The van der Waals surface area contributed by atoms with Crippen LogP contribution < -0.4 is 4.74 Å². The predicted octanol–water partition coefficient (Wildman–Crippen LogP) is 3.99. The van der Waals surface area contributed by atoms with Crippen molar-refractivity contribution in [2.24, 2.45) is 0 Å². The Morgan fingerprint density at radius 3 is 2.57 bits per heavy atom. The lowest BCUT2D eigenvalue weighted by Crippen LogP contribution is -2.02. The fourth-order valence-electron chi connectivity index (χ4n) is 2.09. The highest BCUT2D eigenvalue weighted by molar-refractivity contribution is 7.71. The minimum Gasteiger partial charge on any atom is -0.435 e. The molecule has 0 unspecified atom stereocenters. The minimum atomic E-state index is -2.84. The molecule has 0 fully saturated rings. The van der Waals surface area contributed by atoms with E-state index in [1.54, 1.807) is 16.7 Å². The SMILES string of the molecule is Cc1ccc2[nH]c(=S)n(-c3ccc(OC(F)F)cc3)c2n1. The topological polar surface area (TPSA) is 42.8 Å². The molecule has 0 saturated carbocycles. The predicted molar refractivity (Wildman–Crippen MR) is 77.6 cm³/mol. The molecule has 0 amide bonds. The largest absolute Gasteiger partial charge is 0.435 e. The number of pyridine rings is 1. The number of aryl methyl sites for hydroxylation is 1.